The fourth-order valence-corrected chi connectivity index (χ4v) is 3.17. The highest BCUT2D eigenvalue weighted by Crippen LogP contribution is 2.41. The quantitative estimate of drug-likeness (QED) is 0.802. The predicted molar refractivity (Wildman–Crippen MR) is 86.1 cm³/mol. The standard InChI is InChI=1S/C16H25N5O2/c1-12(22)17-8-9-18-16(23)20-10-5-14(6-11-20)21-15(4-7-19-21)13-2-3-13/h4,7,13-14H,2-3,5-6,8-11H2,1H3,(H,17,22)(H,18,23). The molecule has 1 aliphatic carbocycles. The van der Waals surface area contributed by atoms with Crippen molar-refractivity contribution < 1.29 is 9.59 Å². The van der Waals surface area contributed by atoms with Crippen molar-refractivity contribution in [3.05, 3.63) is 18.0 Å². The summed E-state index contributed by atoms with van der Waals surface area (Å²) in [4.78, 5) is 24.7. The van der Waals surface area contributed by atoms with Gasteiger partial charge in [0.15, 0.2) is 0 Å². The zero-order valence-corrected chi connectivity index (χ0v) is 13.6. The summed E-state index contributed by atoms with van der Waals surface area (Å²) in [5, 5.41) is 10.0. The van der Waals surface area contributed by atoms with E-state index in [0.29, 0.717) is 25.0 Å². The number of amides is 3. The Morgan fingerprint density at radius 2 is 1.87 bits per heavy atom. The van der Waals surface area contributed by atoms with Gasteiger partial charge in [-0.3, -0.25) is 9.48 Å². The SMILES string of the molecule is CC(=O)NCCNC(=O)N1CCC(n2nccc2C2CC2)CC1. The van der Waals surface area contributed by atoms with E-state index in [1.165, 1.54) is 25.5 Å². The predicted octanol–water partition coefficient (Wildman–Crippen LogP) is 1.24. The number of piperidine rings is 1. The number of hydrogen-bond acceptors (Lipinski definition) is 3. The van der Waals surface area contributed by atoms with Crippen LogP contribution in [-0.2, 0) is 4.79 Å². The minimum atomic E-state index is -0.0780. The van der Waals surface area contributed by atoms with Gasteiger partial charge in [0.05, 0.1) is 6.04 Å². The van der Waals surface area contributed by atoms with Gasteiger partial charge in [0.25, 0.3) is 0 Å². The van der Waals surface area contributed by atoms with Crippen LogP contribution >= 0.6 is 0 Å². The lowest BCUT2D eigenvalue weighted by atomic mass is 10.0. The lowest BCUT2D eigenvalue weighted by Crippen LogP contribution is -2.46. The van der Waals surface area contributed by atoms with E-state index in [9.17, 15) is 9.59 Å². The minimum Gasteiger partial charge on any atom is -0.355 e. The molecule has 7 nitrogen and oxygen atoms in total. The first-order chi connectivity index (χ1) is 11.1. The molecule has 3 rings (SSSR count). The normalized spacial score (nSPS) is 18.7. The van der Waals surface area contributed by atoms with Crippen molar-refractivity contribution in [3.8, 4) is 0 Å². The van der Waals surface area contributed by atoms with Crippen LogP contribution in [0.5, 0.6) is 0 Å². The summed E-state index contributed by atoms with van der Waals surface area (Å²) in [7, 11) is 0. The number of rotatable bonds is 5. The summed E-state index contributed by atoms with van der Waals surface area (Å²) in [5.41, 5.74) is 1.36. The Balaban J connectivity index is 1.43. The Labute approximate surface area is 136 Å². The van der Waals surface area contributed by atoms with E-state index in [0.717, 1.165) is 25.9 Å². The molecular weight excluding hydrogens is 294 g/mol. The summed E-state index contributed by atoms with van der Waals surface area (Å²) >= 11 is 0. The minimum absolute atomic E-state index is 0.0447. The lowest BCUT2D eigenvalue weighted by Gasteiger charge is -2.32. The topological polar surface area (TPSA) is 79.3 Å². The fourth-order valence-electron chi connectivity index (χ4n) is 3.17. The van der Waals surface area contributed by atoms with Crippen LogP contribution in [0, 0.1) is 0 Å². The molecule has 7 heteroatoms. The average Bonchev–Trinajstić information content (AvgIpc) is 3.28. The highest BCUT2D eigenvalue weighted by molar-refractivity contribution is 5.75. The van der Waals surface area contributed by atoms with Gasteiger partial charge in [0.2, 0.25) is 5.91 Å². The van der Waals surface area contributed by atoms with E-state index in [1.54, 1.807) is 0 Å². The van der Waals surface area contributed by atoms with E-state index in [2.05, 4.69) is 26.5 Å². The summed E-state index contributed by atoms with van der Waals surface area (Å²) < 4.78 is 2.18. The molecule has 1 saturated carbocycles. The van der Waals surface area contributed by atoms with Gasteiger partial charge in [0, 0.05) is 50.9 Å². The van der Waals surface area contributed by atoms with Crippen LogP contribution in [0.4, 0.5) is 4.79 Å². The van der Waals surface area contributed by atoms with Crippen molar-refractivity contribution in [2.75, 3.05) is 26.2 Å². The van der Waals surface area contributed by atoms with E-state index in [4.69, 9.17) is 0 Å². The first-order valence-corrected chi connectivity index (χ1v) is 8.46. The van der Waals surface area contributed by atoms with E-state index < -0.39 is 0 Å². The van der Waals surface area contributed by atoms with Crippen molar-refractivity contribution in [3.63, 3.8) is 0 Å². The second-order valence-corrected chi connectivity index (χ2v) is 6.41. The number of nitrogens with zero attached hydrogens (tertiary/aromatic N) is 3. The molecule has 0 atom stereocenters. The van der Waals surface area contributed by atoms with Gasteiger partial charge >= 0.3 is 6.03 Å². The van der Waals surface area contributed by atoms with Gasteiger partial charge in [-0.2, -0.15) is 5.10 Å². The maximum atomic E-state index is 12.1. The maximum Gasteiger partial charge on any atom is 0.317 e. The Morgan fingerprint density at radius 1 is 1.17 bits per heavy atom. The van der Waals surface area contributed by atoms with Crippen LogP contribution in [0.3, 0.4) is 0 Å². The molecule has 2 fully saturated rings. The second-order valence-electron chi connectivity index (χ2n) is 6.41. The Morgan fingerprint density at radius 3 is 2.52 bits per heavy atom. The molecule has 0 radical (unpaired) electrons. The van der Waals surface area contributed by atoms with Crippen molar-refractivity contribution in [1.29, 1.82) is 0 Å². The van der Waals surface area contributed by atoms with Crippen LogP contribution in [0.15, 0.2) is 12.3 Å². The van der Waals surface area contributed by atoms with Gasteiger partial charge in [-0.1, -0.05) is 0 Å². The largest absolute Gasteiger partial charge is 0.355 e. The van der Waals surface area contributed by atoms with Gasteiger partial charge in [0.1, 0.15) is 0 Å². The second kappa shape index (κ2) is 7.02. The molecule has 0 bridgehead atoms. The summed E-state index contributed by atoms with van der Waals surface area (Å²) in [6, 6.07) is 2.50. The molecule has 1 aromatic rings. The summed E-state index contributed by atoms with van der Waals surface area (Å²) in [6.07, 6.45) is 6.35. The van der Waals surface area contributed by atoms with Crippen molar-refractivity contribution in [2.24, 2.45) is 0 Å². The number of carbonyl (C=O) groups is 2. The molecule has 2 N–H and O–H groups in total. The van der Waals surface area contributed by atoms with Crippen LogP contribution in [0.1, 0.15) is 50.3 Å². The highest BCUT2D eigenvalue weighted by atomic mass is 16.2. The van der Waals surface area contributed by atoms with Crippen molar-refractivity contribution in [1.82, 2.24) is 25.3 Å². The third kappa shape index (κ3) is 4.03. The van der Waals surface area contributed by atoms with Crippen LogP contribution in [0.25, 0.3) is 0 Å². The first-order valence-electron chi connectivity index (χ1n) is 8.46. The fraction of sp³-hybridized carbons (Fsp3) is 0.688. The molecule has 126 valence electrons. The van der Waals surface area contributed by atoms with Crippen LogP contribution < -0.4 is 10.6 Å². The maximum absolute atomic E-state index is 12.1. The molecule has 23 heavy (non-hydrogen) atoms. The number of likely N-dealkylation sites (tertiary alicyclic amines) is 1. The Bertz CT molecular complexity index is 559. The van der Waals surface area contributed by atoms with Gasteiger partial charge in [-0.25, -0.2) is 4.79 Å². The monoisotopic (exact) mass is 319 g/mol. The molecule has 1 aromatic heterocycles. The third-order valence-electron chi connectivity index (χ3n) is 4.57. The molecule has 0 aromatic carbocycles. The molecular formula is C16H25N5O2. The zero-order chi connectivity index (χ0) is 16.2. The van der Waals surface area contributed by atoms with E-state index >= 15 is 0 Å². The zero-order valence-electron chi connectivity index (χ0n) is 13.6. The molecule has 3 amide bonds. The van der Waals surface area contributed by atoms with Crippen molar-refractivity contribution in [2.45, 2.75) is 44.6 Å². The summed E-state index contributed by atoms with van der Waals surface area (Å²) in [6.45, 7) is 3.90. The number of hydrogen-bond donors (Lipinski definition) is 2. The molecule has 1 saturated heterocycles. The van der Waals surface area contributed by atoms with Gasteiger partial charge in [-0.05, 0) is 31.7 Å². The number of urea groups is 1. The van der Waals surface area contributed by atoms with Gasteiger partial charge < -0.3 is 15.5 Å². The lowest BCUT2D eigenvalue weighted by molar-refractivity contribution is -0.118. The molecule has 0 spiro atoms. The van der Waals surface area contributed by atoms with Crippen molar-refractivity contribution >= 4 is 11.9 Å². The molecule has 2 aliphatic rings. The summed E-state index contributed by atoms with van der Waals surface area (Å²) in [5.74, 6) is 0.623. The number of aromatic nitrogens is 2. The Hall–Kier alpha value is -2.05. The van der Waals surface area contributed by atoms with E-state index in [1.807, 2.05) is 11.1 Å². The van der Waals surface area contributed by atoms with Crippen LogP contribution in [-0.4, -0.2) is 52.8 Å². The van der Waals surface area contributed by atoms with Gasteiger partial charge in [-0.15, -0.1) is 0 Å². The van der Waals surface area contributed by atoms with Crippen LogP contribution in [0.2, 0.25) is 0 Å². The average molecular weight is 319 g/mol. The molecule has 2 heterocycles. The third-order valence-corrected chi connectivity index (χ3v) is 4.57. The number of nitrogens with one attached hydrogen (secondary N) is 2. The first kappa shape index (κ1) is 15.8. The molecule has 1 aliphatic heterocycles. The number of carbonyl (C=O) groups excluding carboxylic acids is 2. The Kier molecular flexibility index (Phi) is 4.83. The molecule has 0 unspecified atom stereocenters. The smallest absolute Gasteiger partial charge is 0.317 e. The highest BCUT2D eigenvalue weighted by Gasteiger charge is 2.31. The van der Waals surface area contributed by atoms with E-state index in [-0.39, 0.29) is 11.9 Å².